The van der Waals surface area contributed by atoms with E-state index in [9.17, 15) is 14.0 Å². The molecule has 7 heteroatoms. The molecule has 0 spiro atoms. The van der Waals surface area contributed by atoms with Gasteiger partial charge in [-0.1, -0.05) is 0 Å². The van der Waals surface area contributed by atoms with Crippen LogP contribution in [-0.2, 0) is 4.79 Å². The van der Waals surface area contributed by atoms with Crippen molar-refractivity contribution in [2.24, 2.45) is 0 Å². The summed E-state index contributed by atoms with van der Waals surface area (Å²) in [6.45, 7) is 2.00. The highest BCUT2D eigenvalue weighted by molar-refractivity contribution is 8.00. The van der Waals surface area contributed by atoms with Gasteiger partial charge in [-0.15, -0.1) is 11.8 Å². The maximum absolute atomic E-state index is 12.9. The van der Waals surface area contributed by atoms with Crippen LogP contribution in [0.2, 0.25) is 0 Å². The van der Waals surface area contributed by atoms with Crippen LogP contribution in [-0.4, -0.2) is 53.5 Å². The molecule has 1 fully saturated rings. The maximum atomic E-state index is 12.9. The zero-order valence-corrected chi connectivity index (χ0v) is 13.8. The lowest BCUT2D eigenvalue weighted by atomic mass is 10.3. The summed E-state index contributed by atoms with van der Waals surface area (Å²) in [6, 6.07) is 9.40. The molecule has 1 aliphatic heterocycles. The molecule has 3 rings (SSSR count). The highest BCUT2D eigenvalue weighted by Crippen LogP contribution is 2.19. The number of hydrogen-bond donors (Lipinski definition) is 0. The number of amides is 2. The van der Waals surface area contributed by atoms with Crippen LogP contribution in [0.25, 0.3) is 0 Å². The van der Waals surface area contributed by atoms with Gasteiger partial charge in [0.15, 0.2) is 5.76 Å². The molecule has 2 heterocycles. The van der Waals surface area contributed by atoms with Crippen LogP contribution in [0.4, 0.5) is 4.39 Å². The van der Waals surface area contributed by atoms with Crippen molar-refractivity contribution in [1.29, 1.82) is 0 Å². The van der Waals surface area contributed by atoms with Crippen molar-refractivity contribution in [2.45, 2.75) is 4.90 Å². The minimum absolute atomic E-state index is 0.0226. The number of thioether (sulfide) groups is 1. The predicted molar refractivity (Wildman–Crippen MR) is 88.3 cm³/mol. The van der Waals surface area contributed by atoms with Gasteiger partial charge in [-0.05, 0) is 36.4 Å². The van der Waals surface area contributed by atoms with Gasteiger partial charge in [-0.25, -0.2) is 4.39 Å². The zero-order valence-electron chi connectivity index (χ0n) is 13.0. The van der Waals surface area contributed by atoms with Crippen molar-refractivity contribution in [1.82, 2.24) is 9.80 Å². The van der Waals surface area contributed by atoms with Crippen LogP contribution < -0.4 is 0 Å². The SMILES string of the molecule is O=C(CSc1ccc(F)cc1)N1CCN(C(=O)c2ccco2)CC1. The number of hydrogen-bond acceptors (Lipinski definition) is 4. The third-order valence-corrected chi connectivity index (χ3v) is 4.82. The molecule has 2 amide bonds. The van der Waals surface area contributed by atoms with E-state index in [1.54, 1.807) is 34.1 Å². The molecule has 1 saturated heterocycles. The summed E-state index contributed by atoms with van der Waals surface area (Å²) in [4.78, 5) is 28.7. The molecule has 0 unspecified atom stereocenters. The molecule has 0 N–H and O–H groups in total. The van der Waals surface area contributed by atoms with Crippen LogP contribution in [0, 0.1) is 5.82 Å². The Hall–Kier alpha value is -2.28. The number of carbonyl (C=O) groups is 2. The highest BCUT2D eigenvalue weighted by atomic mass is 32.2. The summed E-state index contributed by atoms with van der Waals surface area (Å²) in [5.74, 6) is 0.212. The van der Waals surface area contributed by atoms with Crippen LogP contribution in [0.15, 0.2) is 52.0 Å². The molecule has 1 aromatic heterocycles. The van der Waals surface area contributed by atoms with E-state index in [1.165, 1.54) is 30.2 Å². The number of rotatable bonds is 4. The van der Waals surface area contributed by atoms with E-state index in [2.05, 4.69) is 0 Å². The molecular weight excluding hydrogens is 331 g/mol. The number of halogens is 1. The molecule has 1 aromatic carbocycles. The van der Waals surface area contributed by atoms with Crippen LogP contribution in [0.3, 0.4) is 0 Å². The molecule has 0 radical (unpaired) electrons. The topological polar surface area (TPSA) is 53.8 Å². The molecule has 5 nitrogen and oxygen atoms in total. The highest BCUT2D eigenvalue weighted by Gasteiger charge is 2.25. The van der Waals surface area contributed by atoms with Gasteiger partial charge in [0.25, 0.3) is 5.91 Å². The fourth-order valence-electron chi connectivity index (χ4n) is 2.48. The van der Waals surface area contributed by atoms with Crippen molar-refractivity contribution < 1.29 is 18.4 Å². The van der Waals surface area contributed by atoms with Crippen LogP contribution >= 0.6 is 11.8 Å². The average molecular weight is 348 g/mol. The van der Waals surface area contributed by atoms with E-state index in [-0.39, 0.29) is 17.6 Å². The fraction of sp³-hybridized carbons (Fsp3) is 0.294. The minimum atomic E-state index is -0.289. The van der Waals surface area contributed by atoms with Crippen molar-refractivity contribution >= 4 is 23.6 Å². The quantitative estimate of drug-likeness (QED) is 0.797. The zero-order chi connectivity index (χ0) is 16.9. The summed E-state index contributed by atoms with van der Waals surface area (Å²) in [5.41, 5.74) is 0. The molecule has 126 valence electrons. The van der Waals surface area contributed by atoms with Crippen LogP contribution in [0.1, 0.15) is 10.6 Å². The van der Waals surface area contributed by atoms with E-state index in [4.69, 9.17) is 4.42 Å². The maximum Gasteiger partial charge on any atom is 0.289 e. The lowest BCUT2D eigenvalue weighted by Crippen LogP contribution is -2.51. The second-order valence-electron chi connectivity index (χ2n) is 5.39. The van der Waals surface area contributed by atoms with Crippen molar-refractivity contribution in [3.05, 3.63) is 54.2 Å². The summed E-state index contributed by atoms with van der Waals surface area (Å²) in [6.07, 6.45) is 1.47. The standard InChI is InChI=1S/C17H17FN2O3S/c18-13-3-5-14(6-4-13)24-12-16(21)19-7-9-20(10-8-19)17(22)15-2-1-11-23-15/h1-6,11H,7-10,12H2. The number of benzene rings is 1. The Bertz CT molecular complexity index is 695. The fourth-order valence-corrected chi connectivity index (χ4v) is 3.28. The summed E-state index contributed by atoms with van der Waals surface area (Å²) in [7, 11) is 0. The third kappa shape index (κ3) is 3.97. The Balaban J connectivity index is 1.46. The minimum Gasteiger partial charge on any atom is -0.459 e. The average Bonchev–Trinajstić information content (AvgIpc) is 3.15. The van der Waals surface area contributed by atoms with Crippen LogP contribution in [0.5, 0.6) is 0 Å². The Kier molecular flexibility index (Phi) is 5.20. The van der Waals surface area contributed by atoms with Gasteiger partial charge in [0.05, 0.1) is 12.0 Å². The second-order valence-corrected chi connectivity index (χ2v) is 6.44. The van der Waals surface area contributed by atoms with E-state index < -0.39 is 0 Å². The predicted octanol–water partition coefficient (Wildman–Crippen LogP) is 2.50. The molecule has 0 saturated carbocycles. The summed E-state index contributed by atoms with van der Waals surface area (Å²) >= 11 is 1.38. The second kappa shape index (κ2) is 7.53. The first-order valence-electron chi connectivity index (χ1n) is 7.62. The van der Waals surface area contributed by atoms with Crippen molar-refractivity contribution in [3.8, 4) is 0 Å². The molecular formula is C17H17FN2O3S. The first-order valence-corrected chi connectivity index (χ1v) is 8.61. The first kappa shape index (κ1) is 16.6. The Labute approximate surface area is 143 Å². The van der Waals surface area contributed by atoms with Gasteiger partial charge in [0.1, 0.15) is 5.82 Å². The number of piperazine rings is 1. The van der Waals surface area contributed by atoms with Gasteiger partial charge in [0, 0.05) is 31.1 Å². The van der Waals surface area contributed by atoms with Crippen molar-refractivity contribution in [2.75, 3.05) is 31.9 Å². The largest absolute Gasteiger partial charge is 0.459 e. The Morgan fingerprint density at radius 3 is 2.33 bits per heavy atom. The molecule has 1 aliphatic rings. The van der Waals surface area contributed by atoms with E-state index >= 15 is 0 Å². The third-order valence-electron chi connectivity index (χ3n) is 3.83. The molecule has 2 aromatic rings. The molecule has 24 heavy (non-hydrogen) atoms. The van der Waals surface area contributed by atoms with Gasteiger partial charge in [-0.3, -0.25) is 9.59 Å². The van der Waals surface area contributed by atoms with Gasteiger partial charge >= 0.3 is 0 Å². The normalized spacial score (nSPS) is 14.7. The number of furan rings is 1. The van der Waals surface area contributed by atoms with Gasteiger partial charge in [0.2, 0.25) is 5.91 Å². The van der Waals surface area contributed by atoms with E-state index in [0.29, 0.717) is 37.7 Å². The van der Waals surface area contributed by atoms with Gasteiger partial charge < -0.3 is 14.2 Å². The Morgan fingerprint density at radius 2 is 1.71 bits per heavy atom. The molecule has 0 atom stereocenters. The number of carbonyl (C=O) groups excluding carboxylic acids is 2. The van der Waals surface area contributed by atoms with Gasteiger partial charge in [-0.2, -0.15) is 0 Å². The smallest absolute Gasteiger partial charge is 0.289 e. The first-order chi connectivity index (χ1) is 11.6. The monoisotopic (exact) mass is 348 g/mol. The van der Waals surface area contributed by atoms with E-state index in [0.717, 1.165) is 4.90 Å². The van der Waals surface area contributed by atoms with E-state index in [1.807, 2.05) is 0 Å². The lowest BCUT2D eigenvalue weighted by molar-refractivity contribution is -0.129. The Morgan fingerprint density at radius 1 is 1.04 bits per heavy atom. The summed E-state index contributed by atoms with van der Waals surface area (Å²) in [5, 5.41) is 0. The molecule has 0 aliphatic carbocycles. The summed E-state index contributed by atoms with van der Waals surface area (Å²) < 4.78 is 18.0. The molecule has 0 bridgehead atoms. The van der Waals surface area contributed by atoms with Crippen molar-refractivity contribution in [3.63, 3.8) is 0 Å². The lowest BCUT2D eigenvalue weighted by Gasteiger charge is -2.34. The number of nitrogens with zero attached hydrogens (tertiary/aromatic N) is 2.